The van der Waals surface area contributed by atoms with Crippen LogP contribution in [0.2, 0.25) is 0 Å². The van der Waals surface area contributed by atoms with E-state index in [1.54, 1.807) is 0 Å². The highest BCUT2D eigenvalue weighted by Crippen LogP contribution is 2.18. The number of hydrogen-bond acceptors (Lipinski definition) is 1. The molecule has 78 valence electrons. The monoisotopic (exact) mass is 192 g/mol. The molecule has 0 heterocycles. The molecule has 1 unspecified atom stereocenters. The summed E-state index contributed by atoms with van der Waals surface area (Å²) in [5.74, 6) is 0. The van der Waals surface area contributed by atoms with E-state index in [0.717, 1.165) is 12.8 Å². The highest BCUT2D eigenvalue weighted by Gasteiger charge is 2.05. The SMILES string of the molecule is Cc1cc(C)c(CCC(C)O)c(C)c1. The minimum absolute atomic E-state index is 0.199. The lowest BCUT2D eigenvalue weighted by molar-refractivity contribution is 0.185. The molecule has 14 heavy (non-hydrogen) atoms. The van der Waals surface area contributed by atoms with E-state index in [1.165, 1.54) is 22.3 Å². The molecular formula is C13H20O. The van der Waals surface area contributed by atoms with Gasteiger partial charge in [0.05, 0.1) is 6.10 Å². The van der Waals surface area contributed by atoms with Crippen molar-refractivity contribution in [2.24, 2.45) is 0 Å². The minimum atomic E-state index is -0.199. The topological polar surface area (TPSA) is 20.2 Å². The van der Waals surface area contributed by atoms with Crippen LogP contribution < -0.4 is 0 Å². The molecule has 1 rings (SSSR count). The third-order valence-corrected chi connectivity index (χ3v) is 2.65. The molecule has 0 saturated carbocycles. The van der Waals surface area contributed by atoms with E-state index >= 15 is 0 Å². The van der Waals surface area contributed by atoms with Crippen LogP contribution in [-0.2, 0) is 6.42 Å². The summed E-state index contributed by atoms with van der Waals surface area (Å²) in [5.41, 5.74) is 5.42. The smallest absolute Gasteiger partial charge is 0.0515 e. The first-order valence-corrected chi connectivity index (χ1v) is 5.25. The van der Waals surface area contributed by atoms with Gasteiger partial charge >= 0.3 is 0 Å². The third kappa shape index (κ3) is 2.85. The van der Waals surface area contributed by atoms with Crippen LogP contribution in [0.5, 0.6) is 0 Å². The van der Waals surface area contributed by atoms with Gasteiger partial charge in [-0.3, -0.25) is 0 Å². The van der Waals surface area contributed by atoms with Gasteiger partial charge < -0.3 is 5.11 Å². The van der Waals surface area contributed by atoms with Crippen LogP contribution in [0.25, 0.3) is 0 Å². The van der Waals surface area contributed by atoms with E-state index in [9.17, 15) is 5.11 Å². The molecular weight excluding hydrogens is 172 g/mol. The molecule has 1 aromatic carbocycles. The first-order valence-electron chi connectivity index (χ1n) is 5.25. The fourth-order valence-electron chi connectivity index (χ4n) is 1.96. The molecule has 0 radical (unpaired) electrons. The molecule has 1 heteroatoms. The summed E-state index contributed by atoms with van der Waals surface area (Å²) in [6.45, 7) is 8.27. The maximum absolute atomic E-state index is 9.25. The number of aliphatic hydroxyl groups excluding tert-OH is 1. The Hall–Kier alpha value is -0.820. The zero-order chi connectivity index (χ0) is 10.7. The van der Waals surface area contributed by atoms with Crippen molar-refractivity contribution in [2.45, 2.75) is 46.6 Å². The summed E-state index contributed by atoms with van der Waals surface area (Å²) in [4.78, 5) is 0. The Morgan fingerprint density at radius 3 is 2.07 bits per heavy atom. The summed E-state index contributed by atoms with van der Waals surface area (Å²) in [5, 5.41) is 9.25. The number of aryl methyl sites for hydroxylation is 3. The summed E-state index contributed by atoms with van der Waals surface area (Å²) >= 11 is 0. The maximum atomic E-state index is 9.25. The number of hydrogen-bond donors (Lipinski definition) is 1. The molecule has 0 amide bonds. The van der Waals surface area contributed by atoms with Crippen LogP contribution >= 0.6 is 0 Å². The summed E-state index contributed by atoms with van der Waals surface area (Å²) < 4.78 is 0. The maximum Gasteiger partial charge on any atom is 0.0515 e. The van der Waals surface area contributed by atoms with Crippen molar-refractivity contribution >= 4 is 0 Å². The average molecular weight is 192 g/mol. The van der Waals surface area contributed by atoms with Crippen LogP contribution in [0.15, 0.2) is 12.1 Å². The molecule has 1 aromatic rings. The van der Waals surface area contributed by atoms with Gasteiger partial charge in [-0.1, -0.05) is 17.7 Å². The quantitative estimate of drug-likeness (QED) is 0.780. The zero-order valence-electron chi connectivity index (χ0n) is 9.59. The van der Waals surface area contributed by atoms with Crippen LogP contribution in [0, 0.1) is 20.8 Å². The molecule has 0 aliphatic rings. The van der Waals surface area contributed by atoms with Crippen molar-refractivity contribution in [3.63, 3.8) is 0 Å². The lowest BCUT2D eigenvalue weighted by Gasteiger charge is -2.12. The molecule has 0 saturated heterocycles. The summed E-state index contributed by atoms with van der Waals surface area (Å²) in [7, 11) is 0. The van der Waals surface area contributed by atoms with Crippen molar-refractivity contribution in [1.82, 2.24) is 0 Å². The first-order chi connectivity index (χ1) is 6.50. The molecule has 1 N–H and O–H groups in total. The predicted octanol–water partition coefficient (Wildman–Crippen LogP) is 2.93. The first kappa shape index (κ1) is 11.3. The Kier molecular flexibility index (Phi) is 3.70. The highest BCUT2D eigenvalue weighted by atomic mass is 16.3. The van der Waals surface area contributed by atoms with Gasteiger partial charge in [0.15, 0.2) is 0 Å². The largest absolute Gasteiger partial charge is 0.393 e. The fourth-order valence-corrected chi connectivity index (χ4v) is 1.96. The molecule has 0 spiro atoms. The molecule has 1 nitrogen and oxygen atoms in total. The van der Waals surface area contributed by atoms with E-state index in [2.05, 4.69) is 32.9 Å². The Morgan fingerprint density at radius 1 is 1.14 bits per heavy atom. The van der Waals surface area contributed by atoms with E-state index < -0.39 is 0 Å². The second-order valence-electron chi connectivity index (χ2n) is 4.26. The van der Waals surface area contributed by atoms with Gasteiger partial charge in [0.2, 0.25) is 0 Å². The Morgan fingerprint density at radius 2 is 1.64 bits per heavy atom. The minimum Gasteiger partial charge on any atom is -0.393 e. The van der Waals surface area contributed by atoms with Crippen LogP contribution in [0.3, 0.4) is 0 Å². The van der Waals surface area contributed by atoms with Gasteiger partial charge in [-0.05, 0) is 57.2 Å². The van der Waals surface area contributed by atoms with Crippen LogP contribution in [0.4, 0.5) is 0 Å². The lowest BCUT2D eigenvalue weighted by Crippen LogP contribution is -2.04. The Bertz CT molecular complexity index is 290. The average Bonchev–Trinajstić information content (AvgIpc) is 2.01. The molecule has 0 aromatic heterocycles. The van der Waals surface area contributed by atoms with Crippen molar-refractivity contribution in [2.75, 3.05) is 0 Å². The number of aliphatic hydroxyl groups is 1. The zero-order valence-corrected chi connectivity index (χ0v) is 9.59. The second kappa shape index (κ2) is 4.61. The molecule has 0 aliphatic carbocycles. The molecule has 0 bridgehead atoms. The van der Waals surface area contributed by atoms with Gasteiger partial charge in [-0.25, -0.2) is 0 Å². The number of rotatable bonds is 3. The highest BCUT2D eigenvalue weighted by molar-refractivity contribution is 5.37. The molecule has 1 atom stereocenters. The Labute approximate surface area is 86.8 Å². The van der Waals surface area contributed by atoms with Gasteiger partial charge in [0.1, 0.15) is 0 Å². The van der Waals surface area contributed by atoms with E-state index in [-0.39, 0.29) is 6.10 Å². The molecule has 0 aliphatic heterocycles. The molecule has 0 fully saturated rings. The van der Waals surface area contributed by atoms with Crippen LogP contribution in [-0.4, -0.2) is 11.2 Å². The van der Waals surface area contributed by atoms with Crippen molar-refractivity contribution < 1.29 is 5.11 Å². The van der Waals surface area contributed by atoms with Crippen molar-refractivity contribution in [3.05, 3.63) is 34.4 Å². The summed E-state index contributed by atoms with van der Waals surface area (Å²) in [6.07, 6.45) is 1.63. The van der Waals surface area contributed by atoms with E-state index in [4.69, 9.17) is 0 Å². The van der Waals surface area contributed by atoms with E-state index in [1.807, 2.05) is 6.92 Å². The third-order valence-electron chi connectivity index (χ3n) is 2.65. The number of benzene rings is 1. The van der Waals surface area contributed by atoms with Gasteiger partial charge in [0.25, 0.3) is 0 Å². The Balaban J connectivity index is 2.86. The lowest BCUT2D eigenvalue weighted by atomic mass is 9.95. The fraction of sp³-hybridized carbons (Fsp3) is 0.538. The van der Waals surface area contributed by atoms with Gasteiger partial charge in [-0.15, -0.1) is 0 Å². The van der Waals surface area contributed by atoms with Gasteiger partial charge in [-0.2, -0.15) is 0 Å². The van der Waals surface area contributed by atoms with Crippen molar-refractivity contribution in [3.8, 4) is 0 Å². The standard InChI is InChI=1S/C13H20O/c1-9-7-10(2)13(11(3)8-9)6-5-12(4)14/h7-8,12,14H,5-6H2,1-4H3. The summed E-state index contributed by atoms with van der Waals surface area (Å²) in [6, 6.07) is 4.43. The van der Waals surface area contributed by atoms with Gasteiger partial charge in [0, 0.05) is 0 Å². The normalized spacial score (nSPS) is 12.9. The van der Waals surface area contributed by atoms with E-state index in [0.29, 0.717) is 0 Å². The predicted molar refractivity (Wildman–Crippen MR) is 60.7 cm³/mol. The van der Waals surface area contributed by atoms with Crippen LogP contribution in [0.1, 0.15) is 35.6 Å². The van der Waals surface area contributed by atoms with Crippen molar-refractivity contribution in [1.29, 1.82) is 0 Å². The second-order valence-corrected chi connectivity index (χ2v) is 4.26.